The molecule has 0 aromatic rings. The van der Waals surface area contributed by atoms with Crippen LogP contribution in [0.3, 0.4) is 0 Å². The van der Waals surface area contributed by atoms with Gasteiger partial charge >= 0.3 is 0 Å². The van der Waals surface area contributed by atoms with Crippen LogP contribution in [0.15, 0.2) is 12.2 Å². The number of nitrogens with one attached hydrogen (secondary N) is 1. The molecule has 0 saturated carbocycles. The molecule has 0 aliphatic carbocycles. The lowest BCUT2D eigenvalue weighted by Gasteiger charge is -2.16. The van der Waals surface area contributed by atoms with Gasteiger partial charge in [0.15, 0.2) is 0 Å². The summed E-state index contributed by atoms with van der Waals surface area (Å²) < 4.78 is 5.31. The lowest BCUT2D eigenvalue weighted by Crippen LogP contribution is -2.27. The molecule has 0 bridgehead atoms. The van der Waals surface area contributed by atoms with E-state index in [2.05, 4.69) is 18.8 Å². The summed E-state index contributed by atoms with van der Waals surface area (Å²) in [6, 6.07) is 0.527. The number of hydrogen-bond donors (Lipinski definition) is 1. The molecule has 0 spiro atoms. The van der Waals surface area contributed by atoms with E-state index in [-0.39, 0.29) is 0 Å². The van der Waals surface area contributed by atoms with E-state index in [9.17, 15) is 0 Å². The lowest BCUT2D eigenvalue weighted by molar-refractivity contribution is 0.137. The minimum Gasteiger partial charge on any atom is -0.382 e. The first kappa shape index (κ1) is 12.7. The first-order valence-electron chi connectivity index (χ1n) is 5.16. The van der Waals surface area contributed by atoms with E-state index < -0.39 is 0 Å². The molecule has 0 radical (unpaired) electrons. The van der Waals surface area contributed by atoms with Gasteiger partial charge in [-0.2, -0.15) is 0 Å². The molecule has 0 rings (SSSR count). The molecule has 1 N–H and O–H groups in total. The van der Waals surface area contributed by atoms with Gasteiger partial charge < -0.3 is 10.1 Å². The molecule has 1 unspecified atom stereocenters. The standard InChI is InChI=1S/C11H23NO/c1-5-10(3)9-11(12-4)7-8-13-6-2/h11-12H,3,5-9H2,1-2,4H3. The van der Waals surface area contributed by atoms with Crippen LogP contribution in [0, 0.1) is 0 Å². The zero-order valence-corrected chi connectivity index (χ0v) is 9.23. The van der Waals surface area contributed by atoms with Gasteiger partial charge in [-0.25, -0.2) is 0 Å². The molecule has 78 valence electrons. The van der Waals surface area contributed by atoms with E-state index in [4.69, 9.17) is 4.74 Å². The van der Waals surface area contributed by atoms with E-state index in [1.807, 2.05) is 14.0 Å². The molecule has 0 fully saturated rings. The molecule has 0 aromatic heterocycles. The lowest BCUT2D eigenvalue weighted by atomic mass is 10.0. The molecule has 0 aromatic carbocycles. The van der Waals surface area contributed by atoms with Crippen LogP contribution in [0.25, 0.3) is 0 Å². The number of ether oxygens (including phenoxy) is 1. The van der Waals surface area contributed by atoms with Gasteiger partial charge in [0.25, 0.3) is 0 Å². The van der Waals surface area contributed by atoms with Gasteiger partial charge in [-0.05, 0) is 33.2 Å². The predicted molar refractivity (Wildman–Crippen MR) is 58.0 cm³/mol. The van der Waals surface area contributed by atoms with Crippen molar-refractivity contribution in [3.8, 4) is 0 Å². The summed E-state index contributed by atoms with van der Waals surface area (Å²) in [4.78, 5) is 0. The van der Waals surface area contributed by atoms with Crippen molar-refractivity contribution in [1.29, 1.82) is 0 Å². The van der Waals surface area contributed by atoms with Crippen LogP contribution in [-0.2, 0) is 4.74 Å². The maximum atomic E-state index is 5.31. The van der Waals surface area contributed by atoms with Crippen molar-refractivity contribution in [2.45, 2.75) is 39.2 Å². The zero-order chi connectivity index (χ0) is 10.1. The fourth-order valence-electron chi connectivity index (χ4n) is 1.21. The SMILES string of the molecule is C=C(CC)CC(CCOCC)NC. The Hall–Kier alpha value is -0.340. The second-order valence-electron chi connectivity index (χ2n) is 3.28. The minimum atomic E-state index is 0.527. The molecule has 0 saturated heterocycles. The van der Waals surface area contributed by atoms with Gasteiger partial charge in [0, 0.05) is 19.3 Å². The van der Waals surface area contributed by atoms with Gasteiger partial charge in [-0.3, -0.25) is 0 Å². The number of hydrogen-bond acceptors (Lipinski definition) is 2. The summed E-state index contributed by atoms with van der Waals surface area (Å²) >= 11 is 0. The van der Waals surface area contributed by atoms with Gasteiger partial charge in [0.05, 0.1) is 0 Å². The van der Waals surface area contributed by atoms with Crippen molar-refractivity contribution < 1.29 is 4.74 Å². The molecule has 1 atom stereocenters. The molecule has 2 heteroatoms. The van der Waals surface area contributed by atoms with E-state index >= 15 is 0 Å². The fourth-order valence-corrected chi connectivity index (χ4v) is 1.21. The molecule has 0 heterocycles. The molecule has 0 aliphatic heterocycles. The minimum absolute atomic E-state index is 0.527. The van der Waals surface area contributed by atoms with Crippen LogP contribution in [0.2, 0.25) is 0 Å². The van der Waals surface area contributed by atoms with Crippen molar-refractivity contribution in [3.05, 3.63) is 12.2 Å². The van der Waals surface area contributed by atoms with Crippen molar-refractivity contribution in [3.63, 3.8) is 0 Å². The van der Waals surface area contributed by atoms with E-state index in [1.54, 1.807) is 0 Å². The summed E-state index contributed by atoms with van der Waals surface area (Å²) in [5, 5.41) is 3.29. The molecule has 0 amide bonds. The Balaban J connectivity index is 3.56. The average Bonchev–Trinajstić information content (AvgIpc) is 2.16. The van der Waals surface area contributed by atoms with Crippen LogP contribution in [0.5, 0.6) is 0 Å². The van der Waals surface area contributed by atoms with Gasteiger partial charge in [-0.1, -0.05) is 19.1 Å². The smallest absolute Gasteiger partial charge is 0.0480 e. The third-order valence-electron chi connectivity index (χ3n) is 2.26. The highest BCUT2D eigenvalue weighted by atomic mass is 16.5. The summed E-state index contributed by atoms with van der Waals surface area (Å²) in [7, 11) is 2.00. The molecule has 2 nitrogen and oxygen atoms in total. The summed E-state index contributed by atoms with van der Waals surface area (Å²) in [6.07, 6.45) is 3.22. The predicted octanol–water partition coefficient (Wildman–Crippen LogP) is 2.36. The molecule has 0 aliphatic rings. The number of rotatable bonds is 8. The van der Waals surface area contributed by atoms with E-state index in [0.29, 0.717) is 6.04 Å². The fraction of sp³-hybridized carbons (Fsp3) is 0.818. The quantitative estimate of drug-likeness (QED) is 0.463. The highest BCUT2D eigenvalue weighted by Crippen LogP contribution is 2.09. The van der Waals surface area contributed by atoms with Crippen molar-refractivity contribution in [2.75, 3.05) is 20.3 Å². The Bertz CT molecular complexity index is 134. The van der Waals surface area contributed by atoms with Gasteiger partial charge in [0.2, 0.25) is 0 Å². The van der Waals surface area contributed by atoms with Crippen LogP contribution in [0.1, 0.15) is 33.1 Å². The Morgan fingerprint density at radius 2 is 2.15 bits per heavy atom. The summed E-state index contributed by atoms with van der Waals surface area (Å²) in [6.45, 7) is 9.84. The Morgan fingerprint density at radius 3 is 2.62 bits per heavy atom. The second-order valence-corrected chi connectivity index (χ2v) is 3.28. The zero-order valence-electron chi connectivity index (χ0n) is 9.23. The Kier molecular flexibility index (Phi) is 8.05. The largest absolute Gasteiger partial charge is 0.382 e. The normalized spacial score (nSPS) is 12.8. The van der Waals surface area contributed by atoms with Crippen LogP contribution < -0.4 is 5.32 Å². The third-order valence-corrected chi connectivity index (χ3v) is 2.26. The monoisotopic (exact) mass is 185 g/mol. The molecular formula is C11H23NO. The van der Waals surface area contributed by atoms with Gasteiger partial charge in [0.1, 0.15) is 0 Å². The highest BCUT2D eigenvalue weighted by molar-refractivity contribution is 4.96. The Labute approximate surface area is 82.4 Å². The van der Waals surface area contributed by atoms with Crippen LogP contribution in [-0.4, -0.2) is 26.3 Å². The van der Waals surface area contributed by atoms with E-state index in [1.165, 1.54) is 5.57 Å². The highest BCUT2D eigenvalue weighted by Gasteiger charge is 2.06. The van der Waals surface area contributed by atoms with Crippen molar-refractivity contribution in [1.82, 2.24) is 5.32 Å². The molecular weight excluding hydrogens is 162 g/mol. The average molecular weight is 185 g/mol. The van der Waals surface area contributed by atoms with E-state index in [0.717, 1.165) is 32.5 Å². The maximum absolute atomic E-state index is 5.31. The van der Waals surface area contributed by atoms with Crippen LogP contribution in [0.4, 0.5) is 0 Å². The Morgan fingerprint density at radius 1 is 1.46 bits per heavy atom. The third kappa shape index (κ3) is 6.79. The second kappa shape index (κ2) is 8.27. The van der Waals surface area contributed by atoms with Crippen LogP contribution >= 0.6 is 0 Å². The summed E-state index contributed by atoms with van der Waals surface area (Å²) in [5.41, 5.74) is 1.32. The first-order valence-corrected chi connectivity index (χ1v) is 5.16. The topological polar surface area (TPSA) is 21.3 Å². The maximum Gasteiger partial charge on any atom is 0.0480 e. The summed E-state index contributed by atoms with van der Waals surface area (Å²) in [5.74, 6) is 0. The van der Waals surface area contributed by atoms with Crippen molar-refractivity contribution in [2.24, 2.45) is 0 Å². The van der Waals surface area contributed by atoms with Crippen molar-refractivity contribution >= 4 is 0 Å². The first-order chi connectivity index (χ1) is 6.24. The molecule has 13 heavy (non-hydrogen) atoms. The van der Waals surface area contributed by atoms with Gasteiger partial charge in [-0.15, -0.1) is 0 Å².